The number of hydrogen-bond donors (Lipinski definition) is 1. The molecule has 2 rings (SSSR count). The van der Waals surface area contributed by atoms with E-state index in [0.717, 1.165) is 12.2 Å². The summed E-state index contributed by atoms with van der Waals surface area (Å²) in [5.74, 6) is 0.953. The van der Waals surface area contributed by atoms with Crippen molar-refractivity contribution in [1.82, 2.24) is 0 Å². The molecule has 0 saturated heterocycles. The number of benzene rings is 1. The predicted molar refractivity (Wildman–Crippen MR) is 72.6 cm³/mol. The van der Waals surface area contributed by atoms with E-state index in [1.807, 2.05) is 12.1 Å². The molecule has 1 aromatic heterocycles. The molecule has 0 amide bonds. The summed E-state index contributed by atoms with van der Waals surface area (Å²) in [6.45, 7) is 3.38. The lowest BCUT2D eigenvalue weighted by atomic mass is 10.1. The molecule has 17 heavy (non-hydrogen) atoms. The van der Waals surface area contributed by atoms with Crippen molar-refractivity contribution < 1.29 is 4.74 Å². The maximum atomic E-state index is 5.84. The van der Waals surface area contributed by atoms with E-state index in [0.29, 0.717) is 13.2 Å². The van der Waals surface area contributed by atoms with Gasteiger partial charge in [-0.3, -0.25) is 0 Å². The van der Waals surface area contributed by atoms with Gasteiger partial charge in [-0.2, -0.15) is 0 Å². The van der Waals surface area contributed by atoms with Crippen LogP contribution in [0.1, 0.15) is 16.0 Å². The van der Waals surface area contributed by atoms with E-state index < -0.39 is 0 Å². The van der Waals surface area contributed by atoms with Gasteiger partial charge in [0.25, 0.3) is 0 Å². The van der Waals surface area contributed by atoms with E-state index in [9.17, 15) is 0 Å². The predicted octanol–water partition coefficient (Wildman–Crippen LogP) is 3.14. The number of aryl methyl sites for hydroxylation is 1. The summed E-state index contributed by atoms with van der Waals surface area (Å²) in [6, 6.07) is 10.4. The molecule has 1 heterocycles. The van der Waals surface area contributed by atoms with Crippen LogP contribution in [0.5, 0.6) is 5.75 Å². The van der Waals surface area contributed by atoms with Gasteiger partial charge in [-0.25, -0.2) is 0 Å². The van der Waals surface area contributed by atoms with Crippen LogP contribution in [0.15, 0.2) is 35.7 Å². The summed E-state index contributed by atoms with van der Waals surface area (Å²) in [7, 11) is 0. The van der Waals surface area contributed by atoms with E-state index in [1.165, 1.54) is 16.0 Å². The van der Waals surface area contributed by atoms with Gasteiger partial charge in [-0.05, 0) is 43.0 Å². The highest BCUT2D eigenvalue weighted by molar-refractivity contribution is 7.09. The Labute approximate surface area is 106 Å². The zero-order valence-electron chi connectivity index (χ0n) is 9.98. The minimum Gasteiger partial charge on any atom is -0.488 e. The topological polar surface area (TPSA) is 35.2 Å². The molecule has 0 fully saturated rings. The third-order valence-corrected chi connectivity index (χ3v) is 3.43. The summed E-state index contributed by atoms with van der Waals surface area (Å²) >= 11 is 1.71. The van der Waals surface area contributed by atoms with Gasteiger partial charge in [0.1, 0.15) is 12.4 Å². The molecular weight excluding hydrogens is 230 g/mol. The van der Waals surface area contributed by atoms with Gasteiger partial charge >= 0.3 is 0 Å². The molecule has 2 N–H and O–H groups in total. The first-order valence-electron chi connectivity index (χ1n) is 5.74. The number of ether oxygens (including phenoxy) is 1. The van der Waals surface area contributed by atoms with Gasteiger partial charge in [0.15, 0.2) is 0 Å². The lowest BCUT2D eigenvalue weighted by Gasteiger charge is -2.11. The molecule has 2 aromatic rings. The number of hydrogen-bond acceptors (Lipinski definition) is 3. The van der Waals surface area contributed by atoms with Crippen molar-refractivity contribution in [2.24, 2.45) is 5.73 Å². The monoisotopic (exact) mass is 247 g/mol. The van der Waals surface area contributed by atoms with Crippen LogP contribution in [0.25, 0.3) is 0 Å². The molecule has 0 aliphatic rings. The van der Waals surface area contributed by atoms with Crippen LogP contribution in [-0.2, 0) is 13.0 Å². The van der Waals surface area contributed by atoms with Crippen molar-refractivity contribution in [3.63, 3.8) is 0 Å². The Kier molecular flexibility index (Phi) is 4.18. The fraction of sp³-hybridized carbons (Fsp3) is 0.286. The van der Waals surface area contributed by atoms with Crippen molar-refractivity contribution in [2.45, 2.75) is 20.0 Å². The van der Waals surface area contributed by atoms with Crippen LogP contribution in [-0.4, -0.2) is 6.54 Å². The molecule has 2 nitrogen and oxygen atoms in total. The van der Waals surface area contributed by atoms with Crippen molar-refractivity contribution in [3.8, 4) is 5.75 Å². The lowest BCUT2D eigenvalue weighted by Crippen LogP contribution is -2.05. The van der Waals surface area contributed by atoms with Crippen LogP contribution < -0.4 is 10.5 Å². The van der Waals surface area contributed by atoms with Crippen molar-refractivity contribution in [2.75, 3.05) is 6.54 Å². The summed E-state index contributed by atoms with van der Waals surface area (Å²) < 4.78 is 5.84. The highest BCUT2D eigenvalue weighted by atomic mass is 32.1. The maximum absolute atomic E-state index is 5.84. The number of nitrogens with two attached hydrogens (primary N) is 1. The largest absolute Gasteiger partial charge is 0.488 e. The van der Waals surface area contributed by atoms with Gasteiger partial charge < -0.3 is 10.5 Å². The zero-order chi connectivity index (χ0) is 12.1. The second-order valence-corrected chi connectivity index (χ2v) is 5.05. The van der Waals surface area contributed by atoms with Crippen LogP contribution >= 0.6 is 11.3 Å². The van der Waals surface area contributed by atoms with Crippen molar-refractivity contribution in [1.29, 1.82) is 0 Å². The van der Waals surface area contributed by atoms with Crippen molar-refractivity contribution in [3.05, 3.63) is 51.7 Å². The summed E-state index contributed by atoms with van der Waals surface area (Å²) in [5.41, 5.74) is 8.06. The zero-order valence-corrected chi connectivity index (χ0v) is 10.8. The van der Waals surface area contributed by atoms with Crippen LogP contribution in [0.3, 0.4) is 0 Å². The first kappa shape index (κ1) is 12.1. The van der Waals surface area contributed by atoms with Gasteiger partial charge in [0.05, 0.1) is 0 Å². The van der Waals surface area contributed by atoms with E-state index in [-0.39, 0.29) is 0 Å². The minimum absolute atomic E-state index is 0.637. The van der Waals surface area contributed by atoms with Crippen LogP contribution in [0, 0.1) is 6.92 Å². The van der Waals surface area contributed by atoms with Crippen LogP contribution in [0.2, 0.25) is 0 Å². The average molecular weight is 247 g/mol. The maximum Gasteiger partial charge on any atom is 0.123 e. The smallest absolute Gasteiger partial charge is 0.123 e. The summed E-state index contributed by atoms with van der Waals surface area (Å²) in [4.78, 5) is 1.24. The number of rotatable bonds is 5. The molecule has 0 aliphatic heterocycles. The standard InChI is InChI=1S/C14H17NOS/c1-11-4-5-14(12(9-11)6-7-15)16-10-13-3-2-8-17-13/h2-5,8-9H,6-7,10,15H2,1H3. The number of thiophene rings is 1. The van der Waals surface area contributed by atoms with E-state index in [1.54, 1.807) is 11.3 Å². The van der Waals surface area contributed by atoms with E-state index in [2.05, 4.69) is 30.5 Å². The van der Waals surface area contributed by atoms with Crippen LogP contribution in [0.4, 0.5) is 0 Å². The summed E-state index contributed by atoms with van der Waals surface area (Å²) in [5, 5.41) is 2.06. The highest BCUT2D eigenvalue weighted by Gasteiger charge is 2.04. The molecule has 0 unspecified atom stereocenters. The Morgan fingerprint density at radius 3 is 2.88 bits per heavy atom. The molecule has 90 valence electrons. The fourth-order valence-electron chi connectivity index (χ4n) is 1.74. The molecule has 0 atom stereocenters. The molecule has 0 spiro atoms. The molecule has 3 heteroatoms. The molecule has 1 aromatic carbocycles. The Hall–Kier alpha value is -1.32. The Balaban J connectivity index is 2.08. The SMILES string of the molecule is Cc1ccc(OCc2cccs2)c(CCN)c1. The Morgan fingerprint density at radius 2 is 2.18 bits per heavy atom. The van der Waals surface area contributed by atoms with Gasteiger partial charge in [-0.1, -0.05) is 23.8 Å². The van der Waals surface area contributed by atoms with Gasteiger partial charge in [-0.15, -0.1) is 11.3 Å². The van der Waals surface area contributed by atoms with Gasteiger partial charge in [0, 0.05) is 4.88 Å². The van der Waals surface area contributed by atoms with E-state index >= 15 is 0 Å². The fourth-order valence-corrected chi connectivity index (χ4v) is 2.36. The van der Waals surface area contributed by atoms with E-state index in [4.69, 9.17) is 10.5 Å². The van der Waals surface area contributed by atoms with Crippen molar-refractivity contribution >= 4 is 11.3 Å². The third kappa shape index (κ3) is 3.32. The normalized spacial score (nSPS) is 10.5. The summed E-state index contributed by atoms with van der Waals surface area (Å²) in [6.07, 6.45) is 0.863. The molecule has 0 saturated carbocycles. The lowest BCUT2D eigenvalue weighted by molar-refractivity contribution is 0.306. The van der Waals surface area contributed by atoms with Gasteiger partial charge in [0.2, 0.25) is 0 Å². The third-order valence-electron chi connectivity index (χ3n) is 2.58. The Bertz CT molecular complexity index is 465. The molecule has 0 radical (unpaired) electrons. The molecule has 0 aliphatic carbocycles. The first-order chi connectivity index (χ1) is 8.29. The molecule has 0 bridgehead atoms. The quantitative estimate of drug-likeness (QED) is 0.881. The molecular formula is C14H17NOS. The average Bonchev–Trinajstić information content (AvgIpc) is 2.81. The minimum atomic E-state index is 0.637. The highest BCUT2D eigenvalue weighted by Crippen LogP contribution is 2.22. The Morgan fingerprint density at radius 1 is 1.29 bits per heavy atom. The second kappa shape index (κ2) is 5.84. The first-order valence-corrected chi connectivity index (χ1v) is 6.62. The second-order valence-electron chi connectivity index (χ2n) is 4.02.